The van der Waals surface area contributed by atoms with E-state index in [-0.39, 0.29) is 12.6 Å². The highest BCUT2D eigenvalue weighted by atomic mass is 35.7. The van der Waals surface area contributed by atoms with E-state index < -0.39 is 9.24 Å². The fourth-order valence-corrected chi connectivity index (χ4v) is 3.37. The maximum absolute atomic E-state index is 11.8. The lowest BCUT2D eigenvalue weighted by atomic mass is 10.1. The molecule has 0 aliphatic rings. The first-order valence-corrected chi connectivity index (χ1v) is 8.55. The molecule has 2 aromatic rings. The van der Waals surface area contributed by atoms with E-state index in [0.29, 0.717) is 0 Å². The molecule has 0 heterocycles. The largest absolute Gasteiger partial charge is 0.300 e. The number of hydrogen-bond donors (Lipinski definition) is 0. The third-order valence-corrected chi connectivity index (χ3v) is 4.71. The molecule has 106 valence electrons. The van der Waals surface area contributed by atoms with Gasteiger partial charge in [0.2, 0.25) is 0 Å². The van der Waals surface area contributed by atoms with Crippen molar-refractivity contribution in [2.75, 3.05) is 0 Å². The van der Waals surface area contributed by atoms with Crippen LogP contribution in [0.15, 0.2) is 60.7 Å². The quantitative estimate of drug-likeness (QED) is 0.789. The first-order chi connectivity index (χ1) is 9.48. The monoisotopic (exact) mass is 309 g/mol. The van der Waals surface area contributed by atoms with Crippen molar-refractivity contribution >= 4 is 19.9 Å². The van der Waals surface area contributed by atoms with E-state index in [1.807, 2.05) is 67.6 Å². The minimum Gasteiger partial charge on any atom is -0.195 e. The molecule has 0 N–H and O–H groups in total. The van der Waals surface area contributed by atoms with E-state index in [1.165, 1.54) is 4.31 Å². The molecule has 0 saturated carbocycles. The van der Waals surface area contributed by atoms with Gasteiger partial charge in [0.05, 0.1) is 0 Å². The molecule has 0 aliphatic carbocycles. The Balaban J connectivity index is 2.30. The molecule has 0 radical (unpaired) electrons. The smallest absolute Gasteiger partial charge is 0.195 e. The third kappa shape index (κ3) is 3.82. The molecule has 3 nitrogen and oxygen atoms in total. The fourth-order valence-electron chi connectivity index (χ4n) is 2.06. The number of halogens is 1. The summed E-state index contributed by atoms with van der Waals surface area (Å²) in [4.78, 5) is 0. The van der Waals surface area contributed by atoms with Gasteiger partial charge in [-0.2, -0.15) is 12.7 Å². The van der Waals surface area contributed by atoms with Gasteiger partial charge < -0.3 is 0 Å². The third-order valence-electron chi connectivity index (χ3n) is 3.18. The van der Waals surface area contributed by atoms with E-state index in [0.717, 1.165) is 11.1 Å². The predicted octanol–water partition coefficient (Wildman–Crippen LogP) is 3.73. The first kappa shape index (κ1) is 15.0. The normalized spacial score (nSPS) is 13.3. The molecule has 2 aromatic carbocycles. The van der Waals surface area contributed by atoms with Gasteiger partial charge in [-0.1, -0.05) is 60.7 Å². The summed E-state index contributed by atoms with van der Waals surface area (Å²) in [6, 6.07) is 18.5. The van der Waals surface area contributed by atoms with Gasteiger partial charge in [-0.25, -0.2) is 0 Å². The molecular formula is C15H16ClNO2S. The standard InChI is InChI=1S/C15H16ClNO2S/c1-13(15-10-6-3-7-11-15)17(20(16,18)19)12-14-8-4-2-5-9-14/h2-11,13H,12H2,1H3/t13-/m1/s1. The van der Waals surface area contributed by atoms with Crippen molar-refractivity contribution in [3.63, 3.8) is 0 Å². The maximum Gasteiger partial charge on any atom is 0.300 e. The average Bonchev–Trinajstić information content (AvgIpc) is 2.45. The van der Waals surface area contributed by atoms with E-state index in [4.69, 9.17) is 10.7 Å². The molecule has 0 spiro atoms. The topological polar surface area (TPSA) is 37.4 Å². The predicted molar refractivity (Wildman–Crippen MR) is 81.6 cm³/mol. The van der Waals surface area contributed by atoms with Crippen molar-refractivity contribution in [2.24, 2.45) is 0 Å². The van der Waals surface area contributed by atoms with Crippen LogP contribution >= 0.6 is 10.7 Å². The lowest BCUT2D eigenvalue weighted by molar-refractivity contribution is 0.344. The Morgan fingerprint density at radius 2 is 1.50 bits per heavy atom. The molecule has 20 heavy (non-hydrogen) atoms. The summed E-state index contributed by atoms with van der Waals surface area (Å²) < 4.78 is 25.0. The van der Waals surface area contributed by atoms with Crippen LogP contribution in [0.4, 0.5) is 0 Å². The highest BCUT2D eigenvalue weighted by molar-refractivity contribution is 8.11. The van der Waals surface area contributed by atoms with Crippen molar-refractivity contribution in [1.82, 2.24) is 4.31 Å². The molecular weight excluding hydrogens is 294 g/mol. The summed E-state index contributed by atoms with van der Waals surface area (Å²) in [5.41, 5.74) is 1.81. The van der Waals surface area contributed by atoms with Crippen LogP contribution in [-0.2, 0) is 15.8 Å². The molecule has 0 aliphatic heterocycles. The van der Waals surface area contributed by atoms with Gasteiger partial charge in [0.15, 0.2) is 0 Å². The summed E-state index contributed by atoms with van der Waals surface area (Å²) >= 11 is 0. The van der Waals surface area contributed by atoms with Crippen LogP contribution in [0, 0.1) is 0 Å². The van der Waals surface area contributed by atoms with E-state index in [9.17, 15) is 8.42 Å². The van der Waals surface area contributed by atoms with Gasteiger partial charge in [0, 0.05) is 23.3 Å². The second-order valence-electron chi connectivity index (χ2n) is 4.56. The average molecular weight is 310 g/mol. The minimum absolute atomic E-state index is 0.253. The molecule has 0 aromatic heterocycles. The Kier molecular flexibility index (Phi) is 4.81. The zero-order valence-electron chi connectivity index (χ0n) is 11.1. The van der Waals surface area contributed by atoms with Gasteiger partial charge in [0.1, 0.15) is 0 Å². The van der Waals surface area contributed by atoms with Gasteiger partial charge >= 0.3 is 9.24 Å². The number of rotatable bonds is 5. The summed E-state index contributed by atoms with van der Waals surface area (Å²) in [6.07, 6.45) is 0. The fraction of sp³-hybridized carbons (Fsp3) is 0.200. The Morgan fingerprint density at radius 3 is 2.00 bits per heavy atom. The second kappa shape index (κ2) is 6.39. The molecule has 0 saturated heterocycles. The molecule has 5 heteroatoms. The Morgan fingerprint density at radius 1 is 1.00 bits per heavy atom. The highest BCUT2D eigenvalue weighted by Crippen LogP contribution is 2.27. The minimum atomic E-state index is -3.80. The van der Waals surface area contributed by atoms with Crippen molar-refractivity contribution in [2.45, 2.75) is 19.5 Å². The molecule has 0 unspecified atom stereocenters. The zero-order valence-corrected chi connectivity index (χ0v) is 12.7. The summed E-state index contributed by atoms with van der Waals surface area (Å²) in [6.45, 7) is 2.08. The van der Waals surface area contributed by atoms with Gasteiger partial charge in [-0.15, -0.1) is 0 Å². The summed E-state index contributed by atoms with van der Waals surface area (Å²) in [5.74, 6) is 0. The zero-order chi connectivity index (χ0) is 14.6. The van der Waals surface area contributed by atoms with Crippen molar-refractivity contribution < 1.29 is 8.42 Å². The van der Waals surface area contributed by atoms with Crippen LogP contribution < -0.4 is 0 Å². The lowest BCUT2D eigenvalue weighted by Crippen LogP contribution is -2.29. The van der Waals surface area contributed by atoms with Crippen LogP contribution in [0.25, 0.3) is 0 Å². The molecule has 0 fully saturated rings. The first-order valence-electron chi connectivity index (χ1n) is 6.29. The number of hydrogen-bond acceptors (Lipinski definition) is 2. The van der Waals surface area contributed by atoms with E-state index >= 15 is 0 Å². The van der Waals surface area contributed by atoms with Gasteiger partial charge in [-0.3, -0.25) is 0 Å². The van der Waals surface area contributed by atoms with Crippen LogP contribution in [-0.4, -0.2) is 12.7 Å². The Hall–Kier alpha value is -1.36. The molecule has 0 amide bonds. The van der Waals surface area contributed by atoms with Crippen LogP contribution in [0.5, 0.6) is 0 Å². The molecule has 2 rings (SSSR count). The second-order valence-corrected chi connectivity index (χ2v) is 7.02. The lowest BCUT2D eigenvalue weighted by Gasteiger charge is -2.26. The van der Waals surface area contributed by atoms with Crippen LogP contribution in [0.3, 0.4) is 0 Å². The SMILES string of the molecule is C[C@H](c1ccccc1)N(Cc1ccccc1)S(=O)(=O)Cl. The molecule has 1 atom stereocenters. The summed E-state index contributed by atoms with van der Waals surface area (Å²) in [5, 5.41) is 0. The Labute approximate surface area is 124 Å². The number of benzene rings is 2. The number of nitrogens with zero attached hydrogens (tertiary/aromatic N) is 1. The van der Waals surface area contributed by atoms with Crippen LogP contribution in [0.2, 0.25) is 0 Å². The highest BCUT2D eigenvalue weighted by Gasteiger charge is 2.26. The van der Waals surface area contributed by atoms with E-state index in [1.54, 1.807) is 0 Å². The van der Waals surface area contributed by atoms with Gasteiger partial charge in [0.25, 0.3) is 0 Å². The van der Waals surface area contributed by atoms with Crippen molar-refractivity contribution in [1.29, 1.82) is 0 Å². The Bertz CT molecular complexity index is 644. The van der Waals surface area contributed by atoms with Gasteiger partial charge in [-0.05, 0) is 18.1 Å². The summed E-state index contributed by atoms with van der Waals surface area (Å²) in [7, 11) is 1.79. The molecule has 0 bridgehead atoms. The van der Waals surface area contributed by atoms with Crippen LogP contribution in [0.1, 0.15) is 24.1 Å². The van der Waals surface area contributed by atoms with E-state index in [2.05, 4.69) is 0 Å². The maximum atomic E-state index is 11.8. The van der Waals surface area contributed by atoms with Crippen molar-refractivity contribution in [3.8, 4) is 0 Å². The van der Waals surface area contributed by atoms with Crippen molar-refractivity contribution in [3.05, 3.63) is 71.8 Å².